The Labute approximate surface area is 161 Å². The van der Waals surface area contributed by atoms with Crippen molar-refractivity contribution in [3.63, 3.8) is 0 Å². The van der Waals surface area contributed by atoms with Crippen LogP contribution in [0.1, 0.15) is 39.0 Å². The molecule has 0 aromatic rings. The summed E-state index contributed by atoms with van der Waals surface area (Å²) in [4.78, 5) is 28.0. The van der Waals surface area contributed by atoms with Crippen LogP contribution in [0.5, 0.6) is 0 Å². The fraction of sp³-hybridized carbons (Fsp3) is 0.833. The van der Waals surface area contributed by atoms with E-state index in [1.807, 2.05) is 4.90 Å². The molecular formula is C18H30ClN5O2. The average molecular weight is 384 g/mol. The maximum atomic E-state index is 12.3. The second kappa shape index (κ2) is 9.43. The fourth-order valence-electron chi connectivity index (χ4n) is 4.51. The first kappa shape index (κ1) is 20.8. The molecule has 1 aliphatic carbocycles. The molecule has 0 spiro atoms. The summed E-state index contributed by atoms with van der Waals surface area (Å²) < 4.78 is 0. The van der Waals surface area contributed by atoms with Gasteiger partial charge >= 0.3 is 6.03 Å². The Balaban J connectivity index is 0.00000243. The van der Waals surface area contributed by atoms with E-state index in [0.717, 1.165) is 51.7 Å². The number of nitrogens with zero attached hydrogens (tertiary/aromatic N) is 3. The molecule has 26 heavy (non-hydrogen) atoms. The molecule has 3 atom stereocenters. The lowest BCUT2D eigenvalue weighted by Gasteiger charge is -2.22. The molecule has 0 bridgehead atoms. The first-order valence-corrected chi connectivity index (χ1v) is 9.57. The number of halogens is 1. The summed E-state index contributed by atoms with van der Waals surface area (Å²) in [6.45, 7) is 5.47. The summed E-state index contributed by atoms with van der Waals surface area (Å²) in [5.41, 5.74) is 0. The maximum absolute atomic E-state index is 12.3. The van der Waals surface area contributed by atoms with Crippen molar-refractivity contribution in [2.75, 3.05) is 32.7 Å². The second-order valence-electron chi connectivity index (χ2n) is 7.58. The summed E-state index contributed by atoms with van der Waals surface area (Å²) >= 11 is 0. The lowest BCUT2D eigenvalue weighted by atomic mass is 10.0. The predicted molar refractivity (Wildman–Crippen MR) is 101 cm³/mol. The summed E-state index contributed by atoms with van der Waals surface area (Å²) in [5, 5.41) is 15.4. The van der Waals surface area contributed by atoms with Crippen LogP contribution < -0.4 is 10.6 Å². The largest absolute Gasteiger partial charge is 0.338 e. The van der Waals surface area contributed by atoms with Gasteiger partial charge in [0.15, 0.2) is 0 Å². The Hall–Kier alpha value is -1.52. The molecule has 3 aliphatic rings. The third kappa shape index (κ3) is 4.60. The second-order valence-corrected chi connectivity index (χ2v) is 7.58. The van der Waals surface area contributed by atoms with Crippen LogP contribution in [-0.2, 0) is 4.79 Å². The number of amides is 3. The van der Waals surface area contributed by atoms with Crippen molar-refractivity contribution in [3.8, 4) is 6.07 Å². The van der Waals surface area contributed by atoms with E-state index < -0.39 is 0 Å². The zero-order chi connectivity index (χ0) is 17.8. The molecule has 2 heterocycles. The van der Waals surface area contributed by atoms with E-state index in [9.17, 15) is 9.59 Å². The van der Waals surface area contributed by atoms with E-state index in [1.165, 1.54) is 0 Å². The smallest absolute Gasteiger partial charge is 0.317 e. The number of urea groups is 1. The zero-order valence-corrected chi connectivity index (χ0v) is 16.3. The Morgan fingerprint density at radius 2 is 1.92 bits per heavy atom. The lowest BCUT2D eigenvalue weighted by Crippen LogP contribution is -2.43. The van der Waals surface area contributed by atoms with Gasteiger partial charge in [0.25, 0.3) is 0 Å². The van der Waals surface area contributed by atoms with E-state index in [2.05, 4.69) is 23.6 Å². The minimum Gasteiger partial charge on any atom is -0.338 e. The van der Waals surface area contributed by atoms with Gasteiger partial charge < -0.3 is 20.4 Å². The van der Waals surface area contributed by atoms with Crippen LogP contribution >= 0.6 is 12.4 Å². The molecular weight excluding hydrogens is 354 g/mol. The molecule has 0 radical (unpaired) electrons. The molecule has 2 aliphatic heterocycles. The van der Waals surface area contributed by atoms with E-state index in [4.69, 9.17) is 5.26 Å². The Bertz CT molecular complexity index is 538. The Morgan fingerprint density at radius 3 is 2.54 bits per heavy atom. The number of fused-ring (bicyclic) bond motifs is 1. The molecule has 0 aromatic carbocycles. The Kier molecular flexibility index (Phi) is 7.54. The quantitative estimate of drug-likeness (QED) is 0.749. The SMILES string of the molecule is CCCNC(=O)N1CC2CC(NCC(=O)N3CCC[C@H]3C#N)CC2C1.Cl. The number of rotatable bonds is 5. The highest BCUT2D eigenvalue weighted by Crippen LogP contribution is 2.38. The van der Waals surface area contributed by atoms with Crippen molar-refractivity contribution >= 4 is 24.3 Å². The van der Waals surface area contributed by atoms with Gasteiger partial charge in [-0.3, -0.25) is 4.79 Å². The fourth-order valence-corrected chi connectivity index (χ4v) is 4.51. The third-order valence-corrected chi connectivity index (χ3v) is 5.83. The highest BCUT2D eigenvalue weighted by Gasteiger charge is 2.42. The van der Waals surface area contributed by atoms with E-state index in [1.54, 1.807) is 4.90 Å². The minimum atomic E-state index is -0.243. The summed E-state index contributed by atoms with van der Waals surface area (Å²) in [6, 6.07) is 2.39. The van der Waals surface area contributed by atoms with Gasteiger partial charge in [0.05, 0.1) is 12.6 Å². The van der Waals surface area contributed by atoms with Crippen molar-refractivity contribution < 1.29 is 9.59 Å². The molecule has 3 amide bonds. The van der Waals surface area contributed by atoms with Crippen LogP contribution in [0.3, 0.4) is 0 Å². The van der Waals surface area contributed by atoms with Crippen LogP contribution in [0.2, 0.25) is 0 Å². The van der Waals surface area contributed by atoms with Gasteiger partial charge in [-0.05, 0) is 43.9 Å². The lowest BCUT2D eigenvalue weighted by molar-refractivity contribution is -0.130. The Morgan fingerprint density at radius 1 is 1.23 bits per heavy atom. The minimum absolute atomic E-state index is 0. The first-order valence-electron chi connectivity index (χ1n) is 9.57. The van der Waals surface area contributed by atoms with Crippen molar-refractivity contribution in [2.24, 2.45) is 11.8 Å². The summed E-state index contributed by atoms with van der Waals surface area (Å²) in [5.74, 6) is 1.12. The van der Waals surface area contributed by atoms with Crippen molar-refractivity contribution in [1.29, 1.82) is 5.26 Å². The normalized spacial score (nSPS) is 29.8. The number of hydrogen-bond acceptors (Lipinski definition) is 4. The molecule has 0 aromatic heterocycles. The van der Waals surface area contributed by atoms with Gasteiger partial charge in [-0.2, -0.15) is 5.26 Å². The van der Waals surface area contributed by atoms with Gasteiger partial charge in [-0.1, -0.05) is 6.92 Å². The number of carbonyl (C=O) groups is 2. The molecule has 146 valence electrons. The summed E-state index contributed by atoms with van der Waals surface area (Å²) in [7, 11) is 0. The number of hydrogen-bond donors (Lipinski definition) is 2. The van der Waals surface area contributed by atoms with Crippen LogP contribution in [0, 0.1) is 23.2 Å². The average Bonchev–Trinajstić information content (AvgIpc) is 3.30. The third-order valence-electron chi connectivity index (χ3n) is 5.83. The molecule has 7 nitrogen and oxygen atoms in total. The van der Waals surface area contributed by atoms with Crippen LogP contribution in [0.4, 0.5) is 4.79 Å². The molecule has 1 saturated carbocycles. The van der Waals surface area contributed by atoms with Crippen LogP contribution in [0.15, 0.2) is 0 Å². The number of nitriles is 1. The van der Waals surface area contributed by atoms with Gasteiger partial charge in [-0.15, -0.1) is 12.4 Å². The van der Waals surface area contributed by atoms with E-state index in [-0.39, 0.29) is 30.4 Å². The van der Waals surface area contributed by atoms with Gasteiger partial charge in [0.2, 0.25) is 5.91 Å². The summed E-state index contributed by atoms with van der Waals surface area (Å²) in [6.07, 6.45) is 4.73. The van der Waals surface area contributed by atoms with Crippen molar-refractivity contribution in [3.05, 3.63) is 0 Å². The molecule has 2 N–H and O–H groups in total. The van der Waals surface area contributed by atoms with Crippen molar-refractivity contribution in [1.82, 2.24) is 20.4 Å². The monoisotopic (exact) mass is 383 g/mol. The van der Waals surface area contributed by atoms with Crippen molar-refractivity contribution in [2.45, 2.75) is 51.1 Å². The number of carbonyl (C=O) groups excluding carboxylic acids is 2. The van der Waals surface area contributed by atoms with E-state index in [0.29, 0.717) is 31.0 Å². The predicted octanol–water partition coefficient (Wildman–Crippen LogP) is 1.34. The zero-order valence-electron chi connectivity index (χ0n) is 15.4. The topological polar surface area (TPSA) is 88.5 Å². The van der Waals surface area contributed by atoms with Gasteiger partial charge in [0.1, 0.15) is 6.04 Å². The molecule has 3 rings (SSSR count). The molecule has 2 unspecified atom stereocenters. The van der Waals surface area contributed by atoms with E-state index >= 15 is 0 Å². The van der Waals surface area contributed by atoms with Crippen LogP contribution in [0.25, 0.3) is 0 Å². The standard InChI is InChI=1S/C18H29N5O2.ClH/c1-2-5-20-18(25)22-11-13-7-15(8-14(13)12-22)21-10-17(24)23-6-3-4-16(23)9-19;/h13-16,21H,2-8,10-12H2,1H3,(H,20,25);1H/t13?,14?,15?,16-;/m0./s1. The molecule has 8 heteroatoms. The number of likely N-dealkylation sites (tertiary alicyclic amines) is 2. The number of nitrogens with one attached hydrogen (secondary N) is 2. The first-order chi connectivity index (χ1) is 12.1. The molecule has 2 saturated heterocycles. The highest BCUT2D eigenvalue weighted by molar-refractivity contribution is 5.85. The maximum Gasteiger partial charge on any atom is 0.317 e. The highest BCUT2D eigenvalue weighted by atomic mass is 35.5. The molecule has 3 fully saturated rings. The van der Waals surface area contributed by atoms with Gasteiger partial charge in [-0.25, -0.2) is 4.79 Å². The van der Waals surface area contributed by atoms with Gasteiger partial charge in [0, 0.05) is 32.2 Å². The van der Waals surface area contributed by atoms with Crippen LogP contribution in [-0.4, -0.2) is 66.5 Å².